The Balaban J connectivity index is 1.61. The Hall–Kier alpha value is -1.91. The lowest BCUT2D eigenvalue weighted by Crippen LogP contribution is -2.40. The lowest BCUT2D eigenvalue weighted by atomic mass is 9.96. The average Bonchev–Trinajstić information content (AvgIpc) is 2.60. The summed E-state index contributed by atoms with van der Waals surface area (Å²) in [5.41, 5.74) is 2.83. The summed E-state index contributed by atoms with van der Waals surface area (Å²) < 4.78 is 13.0. The Morgan fingerprint density at radius 3 is 2.80 bits per heavy atom. The van der Waals surface area contributed by atoms with Crippen molar-refractivity contribution in [1.29, 1.82) is 0 Å². The molecule has 1 aliphatic rings. The molecule has 0 aromatic heterocycles. The minimum atomic E-state index is -0.225. The largest absolute Gasteiger partial charge is 0.326 e. The topological polar surface area (TPSA) is 32.3 Å². The van der Waals surface area contributed by atoms with Crippen LogP contribution >= 0.6 is 11.6 Å². The number of benzene rings is 2. The number of rotatable bonds is 4. The molecule has 1 aliphatic heterocycles. The van der Waals surface area contributed by atoms with Gasteiger partial charge in [0.25, 0.3) is 0 Å². The van der Waals surface area contributed by atoms with Crippen molar-refractivity contribution >= 4 is 23.2 Å². The Morgan fingerprint density at radius 2 is 2.04 bits per heavy atom. The number of likely N-dealkylation sites (tertiary alicyclic amines) is 1. The molecule has 1 saturated heterocycles. The maximum atomic E-state index is 13.0. The van der Waals surface area contributed by atoms with Crippen LogP contribution in [0.3, 0.4) is 0 Å². The second-order valence-corrected chi connectivity index (χ2v) is 7.09. The molecule has 2 aromatic rings. The van der Waals surface area contributed by atoms with Crippen molar-refractivity contribution in [2.45, 2.75) is 26.3 Å². The molecular formula is C20H22ClFN2O. The van der Waals surface area contributed by atoms with E-state index in [-0.39, 0.29) is 17.6 Å². The number of hydrogen-bond donors (Lipinski definition) is 1. The second-order valence-electron chi connectivity index (χ2n) is 6.65. The van der Waals surface area contributed by atoms with Crippen LogP contribution in [-0.4, -0.2) is 23.9 Å². The standard InChI is InChI=1S/C20H22ClFN2O/c1-14-4-7-17(21)11-19(14)23-20(25)16-3-2-10-24(13-16)12-15-5-8-18(22)9-6-15/h4-9,11,16H,2-3,10,12-13H2,1H3,(H,23,25)/t16-/m1/s1. The van der Waals surface area contributed by atoms with E-state index in [0.717, 1.165) is 42.7 Å². The van der Waals surface area contributed by atoms with Gasteiger partial charge in [-0.25, -0.2) is 4.39 Å². The number of carbonyl (C=O) groups is 1. The zero-order valence-corrected chi connectivity index (χ0v) is 15.0. The highest BCUT2D eigenvalue weighted by Crippen LogP contribution is 2.24. The summed E-state index contributed by atoms with van der Waals surface area (Å²) in [4.78, 5) is 14.9. The molecule has 0 bridgehead atoms. The van der Waals surface area contributed by atoms with Gasteiger partial charge in [-0.15, -0.1) is 0 Å². The molecule has 3 rings (SSSR count). The number of nitrogens with one attached hydrogen (secondary N) is 1. The summed E-state index contributed by atoms with van der Waals surface area (Å²) in [6.45, 7) is 4.36. The van der Waals surface area contributed by atoms with Crippen molar-refractivity contribution in [1.82, 2.24) is 4.90 Å². The molecule has 0 spiro atoms. The third kappa shape index (κ3) is 4.80. The van der Waals surface area contributed by atoms with Gasteiger partial charge in [0.2, 0.25) is 5.91 Å². The van der Waals surface area contributed by atoms with Gasteiger partial charge in [-0.3, -0.25) is 9.69 Å². The SMILES string of the molecule is Cc1ccc(Cl)cc1NC(=O)[C@@H]1CCCN(Cc2ccc(F)cc2)C1. The van der Waals surface area contributed by atoms with Crippen LogP contribution in [0.1, 0.15) is 24.0 Å². The van der Waals surface area contributed by atoms with Crippen LogP contribution in [0.2, 0.25) is 5.02 Å². The first-order valence-corrected chi connectivity index (χ1v) is 8.93. The van der Waals surface area contributed by atoms with E-state index in [4.69, 9.17) is 11.6 Å². The number of halogens is 2. The highest BCUT2D eigenvalue weighted by molar-refractivity contribution is 6.31. The van der Waals surface area contributed by atoms with Crippen molar-refractivity contribution in [2.24, 2.45) is 5.92 Å². The van der Waals surface area contributed by atoms with Crippen molar-refractivity contribution < 1.29 is 9.18 Å². The van der Waals surface area contributed by atoms with E-state index in [1.54, 1.807) is 18.2 Å². The van der Waals surface area contributed by atoms with Crippen LogP contribution in [0.5, 0.6) is 0 Å². The van der Waals surface area contributed by atoms with Gasteiger partial charge in [-0.2, -0.15) is 0 Å². The van der Waals surface area contributed by atoms with Crippen LogP contribution in [0.15, 0.2) is 42.5 Å². The minimum Gasteiger partial charge on any atom is -0.326 e. The molecule has 2 aromatic carbocycles. The second kappa shape index (κ2) is 7.98. The summed E-state index contributed by atoms with van der Waals surface area (Å²) >= 11 is 6.02. The molecule has 1 atom stereocenters. The van der Waals surface area contributed by atoms with Gasteiger partial charge in [0.1, 0.15) is 5.82 Å². The highest BCUT2D eigenvalue weighted by atomic mass is 35.5. The van der Waals surface area contributed by atoms with Crippen LogP contribution < -0.4 is 5.32 Å². The first-order chi connectivity index (χ1) is 12.0. The van der Waals surface area contributed by atoms with Crippen LogP contribution in [0, 0.1) is 18.7 Å². The molecule has 1 amide bonds. The number of nitrogens with zero attached hydrogens (tertiary/aromatic N) is 1. The zero-order chi connectivity index (χ0) is 17.8. The van der Waals surface area contributed by atoms with Crippen molar-refractivity contribution in [3.63, 3.8) is 0 Å². The molecule has 0 unspecified atom stereocenters. The van der Waals surface area contributed by atoms with E-state index in [1.807, 2.05) is 19.1 Å². The zero-order valence-electron chi connectivity index (χ0n) is 14.3. The number of hydrogen-bond acceptors (Lipinski definition) is 2. The number of carbonyl (C=O) groups excluding carboxylic acids is 1. The van der Waals surface area contributed by atoms with Crippen LogP contribution in [0.25, 0.3) is 0 Å². The molecule has 0 saturated carbocycles. The molecule has 0 aliphatic carbocycles. The monoisotopic (exact) mass is 360 g/mol. The molecule has 1 fully saturated rings. The molecule has 5 heteroatoms. The summed E-state index contributed by atoms with van der Waals surface area (Å²) in [5, 5.41) is 3.63. The van der Waals surface area contributed by atoms with E-state index in [0.29, 0.717) is 11.6 Å². The van der Waals surface area contributed by atoms with Crippen molar-refractivity contribution in [3.8, 4) is 0 Å². The molecule has 1 N–H and O–H groups in total. The lowest BCUT2D eigenvalue weighted by molar-refractivity contribution is -0.121. The third-order valence-electron chi connectivity index (χ3n) is 4.65. The smallest absolute Gasteiger partial charge is 0.228 e. The Labute approximate surface area is 152 Å². The summed E-state index contributed by atoms with van der Waals surface area (Å²) in [5.74, 6) is -0.238. The van der Waals surface area contributed by atoms with E-state index in [9.17, 15) is 9.18 Å². The fourth-order valence-electron chi connectivity index (χ4n) is 3.22. The molecule has 132 valence electrons. The number of amides is 1. The quantitative estimate of drug-likeness (QED) is 0.861. The third-order valence-corrected chi connectivity index (χ3v) is 4.89. The first-order valence-electron chi connectivity index (χ1n) is 8.55. The fraction of sp³-hybridized carbons (Fsp3) is 0.350. The Morgan fingerprint density at radius 1 is 1.28 bits per heavy atom. The molecule has 3 nitrogen and oxygen atoms in total. The van der Waals surface area contributed by atoms with E-state index < -0.39 is 0 Å². The van der Waals surface area contributed by atoms with Crippen molar-refractivity contribution in [2.75, 3.05) is 18.4 Å². The predicted molar refractivity (Wildman–Crippen MR) is 99.2 cm³/mol. The van der Waals surface area contributed by atoms with Gasteiger partial charge < -0.3 is 5.32 Å². The Bertz CT molecular complexity index is 748. The summed E-state index contributed by atoms with van der Waals surface area (Å²) in [7, 11) is 0. The minimum absolute atomic E-state index is 0.0363. The molecular weight excluding hydrogens is 339 g/mol. The lowest BCUT2D eigenvalue weighted by Gasteiger charge is -2.32. The maximum Gasteiger partial charge on any atom is 0.228 e. The number of piperidine rings is 1. The van der Waals surface area contributed by atoms with Crippen LogP contribution in [0.4, 0.5) is 10.1 Å². The van der Waals surface area contributed by atoms with Crippen molar-refractivity contribution in [3.05, 3.63) is 64.4 Å². The van der Waals surface area contributed by atoms with E-state index in [1.165, 1.54) is 12.1 Å². The molecule has 1 heterocycles. The number of aryl methyl sites for hydroxylation is 1. The Kier molecular flexibility index (Phi) is 5.71. The first kappa shape index (κ1) is 17.9. The summed E-state index contributed by atoms with van der Waals surface area (Å²) in [6.07, 6.45) is 1.86. The highest BCUT2D eigenvalue weighted by Gasteiger charge is 2.26. The predicted octanol–water partition coefficient (Wildman–Crippen LogP) is 4.64. The molecule has 0 radical (unpaired) electrons. The fourth-order valence-corrected chi connectivity index (χ4v) is 3.40. The van der Waals surface area contributed by atoms with Gasteiger partial charge in [0.15, 0.2) is 0 Å². The van der Waals surface area contributed by atoms with E-state index >= 15 is 0 Å². The van der Waals surface area contributed by atoms with Gasteiger partial charge in [-0.05, 0) is 61.7 Å². The average molecular weight is 361 g/mol. The van der Waals surface area contributed by atoms with Gasteiger partial charge in [0.05, 0.1) is 5.92 Å². The van der Waals surface area contributed by atoms with Crippen LogP contribution in [-0.2, 0) is 11.3 Å². The maximum absolute atomic E-state index is 13.0. The van der Waals surface area contributed by atoms with Gasteiger partial charge in [0, 0.05) is 23.8 Å². The number of anilines is 1. The normalized spacial score (nSPS) is 18.1. The van der Waals surface area contributed by atoms with Gasteiger partial charge >= 0.3 is 0 Å². The molecule has 25 heavy (non-hydrogen) atoms. The summed E-state index contributed by atoms with van der Waals surface area (Å²) in [6, 6.07) is 12.1. The van der Waals surface area contributed by atoms with E-state index in [2.05, 4.69) is 10.2 Å². The van der Waals surface area contributed by atoms with Gasteiger partial charge in [-0.1, -0.05) is 29.8 Å².